The largest absolute Gasteiger partial charge is 1.00 e. The molecule has 0 aliphatic carbocycles. The maximum atomic E-state index is 12.7. The summed E-state index contributed by atoms with van der Waals surface area (Å²) in [5, 5.41) is 11.2. The second kappa shape index (κ2) is 25.6. The first-order valence-electron chi connectivity index (χ1n) is 19.7. The van der Waals surface area contributed by atoms with Gasteiger partial charge in [-0.25, -0.2) is 19.2 Å². The van der Waals surface area contributed by atoms with E-state index in [9.17, 15) is 33.9 Å². The Labute approximate surface area is 382 Å². The summed E-state index contributed by atoms with van der Waals surface area (Å²) in [6.45, 7) is 0.773. The molecule has 4 amide bonds. The first kappa shape index (κ1) is 48.6. The Bertz CT molecular complexity index is 2030. The molecule has 2 saturated heterocycles. The topological polar surface area (TPSA) is 185 Å². The van der Waals surface area contributed by atoms with E-state index >= 15 is 0 Å². The zero-order valence-electron chi connectivity index (χ0n) is 34.9. The second-order valence-electron chi connectivity index (χ2n) is 14.1. The van der Waals surface area contributed by atoms with Gasteiger partial charge >= 0.3 is 59.9 Å². The predicted octanol–water partition coefficient (Wildman–Crippen LogP) is 2.00. The van der Waals surface area contributed by atoms with Crippen molar-refractivity contribution in [3.05, 3.63) is 144 Å². The minimum Gasteiger partial charge on any atom is -0.548 e. The van der Waals surface area contributed by atoms with Gasteiger partial charge in [0.1, 0.15) is 33.0 Å². The van der Waals surface area contributed by atoms with Gasteiger partial charge in [-0.2, -0.15) is 0 Å². The van der Waals surface area contributed by atoms with E-state index in [0.717, 1.165) is 27.2 Å². The number of methoxy groups -OCH3 is 1. The molecule has 6 rings (SSSR count). The monoisotopic (exact) mass is 860 g/mol. The van der Waals surface area contributed by atoms with E-state index < -0.39 is 48.9 Å². The average Bonchev–Trinajstić information content (AvgIpc) is 4.00. The van der Waals surface area contributed by atoms with Crippen LogP contribution in [-0.4, -0.2) is 114 Å². The predicted molar refractivity (Wildman–Crippen MR) is 217 cm³/mol. The summed E-state index contributed by atoms with van der Waals surface area (Å²) in [5.41, 5.74) is 3.39. The first-order valence-corrected chi connectivity index (χ1v) is 19.7. The Balaban J connectivity index is 0.000000268. The molecule has 0 spiro atoms. The number of esters is 1. The molecule has 17 heteroatoms. The number of carboxylic acid groups (broad SMARTS) is 1. The molecule has 0 unspecified atom stereocenters. The van der Waals surface area contributed by atoms with Gasteiger partial charge in [0.05, 0.1) is 31.7 Å². The fraction of sp³-hybridized carbons (Fsp3) is 0.333. The Morgan fingerprint density at radius 1 is 0.532 bits per heavy atom. The molecule has 2 aliphatic rings. The van der Waals surface area contributed by atoms with E-state index in [0.29, 0.717) is 25.9 Å². The SMILES string of the molecule is COC(=O)CN(C(=O)OCc1ccccc1)[C@@H]1CCN(C(=O)OCc2ccccc2)C1.O=C([O-])CN(C(=O)OCc1ccccc1)[C@@H]1CCN(C(=O)OCc2ccccc2)C1.[Na+]. The van der Waals surface area contributed by atoms with Crippen LogP contribution in [0.25, 0.3) is 0 Å². The van der Waals surface area contributed by atoms with Crippen LogP contribution in [0.4, 0.5) is 19.2 Å². The van der Waals surface area contributed by atoms with Gasteiger partial charge in [0.25, 0.3) is 0 Å². The first-order chi connectivity index (χ1) is 29.6. The van der Waals surface area contributed by atoms with Gasteiger partial charge in [0, 0.05) is 26.2 Å². The zero-order chi connectivity index (χ0) is 43.4. The van der Waals surface area contributed by atoms with Crippen LogP contribution in [0.5, 0.6) is 0 Å². The Kier molecular flexibility index (Phi) is 20.1. The number of benzene rings is 4. The standard InChI is InChI=1S/C23H26N2O6.C22H24N2O6.Na/c1-29-21(26)15-25(23(28)31-17-19-10-6-3-7-11-19)20-12-13-24(14-20)22(27)30-16-18-8-4-2-5-9-18;25-20(26)14-24(22(28)30-16-18-9-5-2-6-10-18)19-11-12-23(13-19)21(27)29-15-17-7-3-1-4-8-17;/h2-11,20H,12-17H2,1H3;1-10,19H,11-16H2,(H,25,26);/q;;+1/p-1/t20-;19-;/m11./s1. The van der Waals surface area contributed by atoms with Gasteiger partial charge in [-0.05, 0) is 35.1 Å². The van der Waals surface area contributed by atoms with Gasteiger partial charge in [0.15, 0.2) is 0 Å². The molecular formula is C45H49N4NaO12. The third-order valence-corrected chi connectivity index (χ3v) is 9.84. The van der Waals surface area contributed by atoms with Crippen molar-refractivity contribution in [3.8, 4) is 0 Å². The Hall–Kier alpha value is -6.10. The van der Waals surface area contributed by atoms with E-state index in [4.69, 9.17) is 23.7 Å². The molecular weight excluding hydrogens is 812 g/mol. The maximum Gasteiger partial charge on any atom is 1.00 e. The number of hydrogen-bond donors (Lipinski definition) is 0. The summed E-state index contributed by atoms with van der Waals surface area (Å²) in [4.78, 5) is 78.4. The van der Waals surface area contributed by atoms with Crippen molar-refractivity contribution in [3.63, 3.8) is 0 Å². The quantitative estimate of drug-likeness (QED) is 0.102. The van der Waals surface area contributed by atoms with Crippen molar-refractivity contribution >= 4 is 36.3 Å². The molecule has 16 nitrogen and oxygen atoms in total. The molecule has 0 aromatic heterocycles. The molecule has 0 N–H and O–H groups in total. The van der Waals surface area contributed by atoms with E-state index in [1.54, 1.807) is 12.1 Å². The number of rotatable bonds is 14. The van der Waals surface area contributed by atoms with Crippen LogP contribution < -0.4 is 34.7 Å². The summed E-state index contributed by atoms with van der Waals surface area (Å²) in [6, 6.07) is 36.2. The summed E-state index contributed by atoms with van der Waals surface area (Å²) in [7, 11) is 1.26. The van der Waals surface area contributed by atoms with Crippen molar-refractivity contribution in [2.75, 3.05) is 46.4 Å². The number of ether oxygens (including phenoxy) is 5. The number of amides is 4. The molecule has 322 valence electrons. The molecule has 4 aromatic rings. The van der Waals surface area contributed by atoms with Crippen LogP contribution in [0.1, 0.15) is 35.1 Å². The Morgan fingerprint density at radius 2 is 0.855 bits per heavy atom. The van der Waals surface area contributed by atoms with Gasteiger partial charge in [-0.1, -0.05) is 121 Å². The molecule has 4 aromatic carbocycles. The number of carboxylic acids is 1. The van der Waals surface area contributed by atoms with Gasteiger partial charge < -0.3 is 43.4 Å². The number of carbonyl (C=O) groups excluding carboxylic acids is 6. The summed E-state index contributed by atoms with van der Waals surface area (Å²) < 4.78 is 26.1. The summed E-state index contributed by atoms with van der Waals surface area (Å²) in [6.07, 6.45) is -1.41. The van der Waals surface area contributed by atoms with Crippen LogP contribution in [0.3, 0.4) is 0 Å². The third kappa shape index (κ3) is 15.7. The number of likely N-dealkylation sites (tertiary alicyclic amines) is 2. The smallest absolute Gasteiger partial charge is 0.548 e. The maximum absolute atomic E-state index is 12.7. The second-order valence-corrected chi connectivity index (χ2v) is 14.1. The van der Waals surface area contributed by atoms with Crippen molar-refractivity contribution < 1.29 is 87.1 Å². The fourth-order valence-electron chi connectivity index (χ4n) is 6.58. The molecule has 0 radical (unpaired) electrons. The van der Waals surface area contributed by atoms with Gasteiger partial charge in [-0.15, -0.1) is 0 Å². The number of hydrogen-bond acceptors (Lipinski definition) is 12. The van der Waals surface area contributed by atoms with Crippen molar-refractivity contribution in [2.45, 2.75) is 51.4 Å². The molecule has 0 bridgehead atoms. The summed E-state index contributed by atoms with van der Waals surface area (Å²) in [5.74, 6) is -1.95. The van der Waals surface area contributed by atoms with Crippen LogP contribution in [0.2, 0.25) is 0 Å². The minimum atomic E-state index is -1.39. The van der Waals surface area contributed by atoms with Crippen LogP contribution in [-0.2, 0) is 59.7 Å². The van der Waals surface area contributed by atoms with Gasteiger partial charge in [-0.3, -0.25) is 14.6 Å². The molecule has 62 heavy (non-hydrogen) atoms. The molecule has 0 saturated carbocycles. The van der Waals surface area contributed by atoms with Crippen molar-refractivity contribution in [1.29, 1.82) is 0 Å². The number of carbonyl (C=O) groups is 6. The number of aliphatic carboxylic acids is 1. The van der Waals surface area contributed by atoms with E-state index in [2.05, 4.69) is 0 Å². The van der Waals surface area contributed by atoms with Crippen LogP contribution in [0, 0.1) is 0 Å². The average molecular weight is 861 g/mol. The Morgan fingerprint density at radius 3 is 1.18 bits per heavy atom. The number of nitrogens with zero attached hydrogens (tertiary/aromatic N) is 4. The molecule has 2 heterocycles. The van der Waals surface area contributed by atoms with Crippen molar-refractivity contribution in [1.82, 2.24) is 19.6 Å². The van der Waals surface area contributed by atoms with Crippen molar-refractivity contribution in [2.24, 2.45) is 0 Å². The fourth-order valence-corrected chi connectivity index (χ4v) is 6.58. The third-order valence-electron chi connectivity index (χ3n) is 9.84. The van der Waals surface area contributed by atoms with Crippen LogP contribution in [0.15, 0.2) is 121 Å². The van der Waals surface area contributed by atoms with Gasteiger partial charge in [0.2, 0.25) is 0 Å². The zero-order valence-corrected chi connectivity index (χ0v) is 36.9. The summed E-state index contributed by atoms with van der Waals surface area (Å²) >= 11 is 0. The van der Waals surface area contributed by atoms with Crippen LogP contribution >= 0.6 is 0 Å². The minimum absolute atomic E-state index is 0. The molecule has 2 atom stereocenters. The van der Waals surface area contributed by atoms with E-state index in [1.807, 2.05) is 109 Å². The van der Waals surface area contributed by atoms with E-state index in [1.165, 1.54) is 21.8 Å². The van der Waals surface area contributed by atoms with E-state index in [-0.39, 0.29) is 81.7 Å². The molecule has 2 fully saturated rings. The molecule has 2 aliphatic heterocycles. The normalized spacial score (nSPS) is 15.1.